The van der Waals surface area contributed by atoms with Gasteiger partial charge in [0.1, 0.15) is 0 Å². The molecule has 0 saturated heterocycles. The number of nitrogens with two attached hydrogens (primary N) is 1. The summed E-state index contributed by atoms with van der Waals surface area (Å²) < 4.78 is 25.5. The minimum absolute atomic E-state index is 0.0405. The number of sulfonamides is 1. The van der Waals surface area contributed by atoms with Crippen LogP contribution < -0.4 is 10.5 Å². The van der Waals surface area contributed by atoms with Gasteiger partial charge in [-0.1, -0.05) is 19.1 Å². The van der Waals surface area contributed by atoms with E-state index in [2.05, 4.69) is 4.72 Å². The molecule has 1 atom stereocenters. The number of nitrogens with one attached hydrogen (secondary N) is 1. The predicted octanol–water partition coefficient (Wildman–Crippen LogP) is 1.86. The van der Waals surface area contributed by atoms with Gasteiger partial charge >= 0.3 is 0 Å². The fourth-order valence-electron chi connectivity index (χ4n) is 1.35. The number of hydrogen-bond donors (Lipinski definition) is 2. The van der Waals surface area contributed by atoms with Gasteiger partial charge < -0.3 is 5.73 Å². The Kier molecular flexibility index (Phi) is 4.32. The molecule has 0 aromatic heterocycles. The molecule has 0 spiro atoms. The minimum Gasteiger partial charge on any atom is -0.324 e. The lowest BCUT2D eigenvalue weighted by Gasteiger charge is -2.09. The molecule has 90 valence electrons. The number of hydrogen-bond acceptors (Lipinski definition) is 3. The van der Waals surface area contributed by atoms with Crippen LogP contribution in [0.5, 0.6) is 0 Å². The molecule has 3 N–H and O–H groups in total. The highest BCUT2D eigenvalue weighted by atomic mass is 32.2. The van der Waals surface area contributed by atoms with Crippen LogP contribution in [0.3, 0.4) is 0 Å². The van der Waals surface area contributed by atoms with Crippen LogP contribution in [0, 0.1) is 0 Å². The maximum absolute atomic E-state index is 11.5. The summed E-state index contributed by atoms with van der Waals surface area (Å²) in [5.74, 6) is 0.141. The van der Waals surface area contributed by atoms with Gasteiger partial charge in [-0.3, -0.25) is 4.72 Å². The number of anilines is 1. The highest BCUT2D eigenvalue weighted by Gasteiger charge is 2.08. The standard InChI is InChI=1S/C11H18N2O2S/c1-3-8-16(14,15)13-11-6-4-10(5-7-11)9(2)12/h4-7,9,13H,3,8,12H2,1-2H3/t9-/m0/s1. The zero-order chi connectivity index (χ0) is 12.2. The zero-order valence-electron chi connectivity index (χ0n) is 9.60. The second-order valence-corrected chi connectivity index (χ2v) is 5.67. The molecule has 4 nitrogen and oxygen atoms in total. The molecule has 0 aliphatic carbocycles. The Labute approximate surface area is 96.9 Å². The van der Waals surface area contributed by atoms with Crippen LogP contribution in [-0.4, -0.2) is 14.2 Å². The van der Waals surface area contributed by atoms with E-state index < -0.39 is 10.0 Å². The van der Waals surface area contributed by atoms with Crippen molar-refractivity contribution < 1.29 is 8.42 Å². The van der Waals surface area contributed by atoms with Gasteiger partial charge in [-0.25, -0.2) is 8.42 Å². The minimum atomic E-state index is -3.20. The van der Waals surface area contributed by atoms with E-state index >= 15 is 0 Å². The topological polar surface area (TPSA) is 72.2 Å². The molecule has 0 saturated carbocycles. The average Bonchev–Trinajstić information content (AvgIpc) is 2.17. The van der Waals surface area contributed by atoms with Crippen LogP contribution in [0.25, 0.3) is 0 Å². The fourth-order valence-corrected chi connectivity index (χ4v) is 2.49. The third-order valence-corrected chi connectivity index (χ3v) is 3.68. The molecule has 0 radical (unpaired) electrons. The largest absolute Gasteiger partial charge is 0.324 e. The van der Waals surface area contributed by atoms with Gasteiger partial charge in [0.15, 0.2) is 0 Å². The average molecular weight is 242 g/mol. The van der Waals surface area contributed by atoms with Crippen molar-refractivity contribution in [2.75, 3.05) is 10.5 Å². The third-order valence-electron chi connectivity index (χ3n) is 2.18. The lowest BCUT2D eigenvalue weighted by molar-refractivity contribution is 0.600. The van der Waals surface area contributed by atoms with E-state index in [1.807, 2.05) is 26.0 Å². The van der Waals surface area contributed by atoms with E-state index in [1.165, 1.54) is 0 Å². The molecule has 5 heteroatoms. The first-order chi connectivity index (χ1) is 7.44. The SMILES string of the molecule is CCCS(=O)(=O)Nc1ccc([C@H](C)N)cc1. The Morgan fingerprint density at radius 1 is 1.31 bits per heavy atom. The monoisotopic (exact) mass is 242 g/mol. The molecule has 0 aliphatic heterocycles. The molecule has 0 aliphatic rings. The summed E-state index contributed by atoms with van der Waals surface area (Å²) in [7, 11) is -3.20. The van der Waals surface area contributed by atoms with Crippen LogP contribution in [0.4, 0.5) is 5.69 Å². The van der Waals surface area contributed by atoms with Crippen molar-refractivity contribution in [3.05, 3.63) is 29.8 Å². The first-order valence-corrected chi connectivity index (χ1v) is 6.96. The first kappa shape index (κ1) is 13.0. The van der Waals surface area contributed by atoms with Crippen molar-refractivity contribution >= 4 is 15.7 Å². The normalized spacial score (nSPS) is 13.4. The summed E-state index contributed by atoms with van der Waals surface area (Å²) in [5.41, 5.74) is 7.27. The molecule has 16 heavy (non-hydrogen) atoms. The molecular formula is C11H18N2O2S. The van der Waals surface area contributed by atoms with Gasteiger partial charge in [0.05, 0.1) is 5.75 Å². The summed E-state index contributed by atoms with van der Waals surface area (Å²) in [6, 6.07) is 7.07. The van der Waals surface area contributed by atoms with Crippen LogP contribution in [-0.2, 0) is 10.0 Å². The molecule has 0 unspecified atom stereocenters. The van der Waals surface area contributed by atoms with Gasteiger partial charge in [-0.05, 0) is 31.0 Å². The quantitative estimate of drug-likeness (QED) is 0.827. The molecule has 1 rings (SSSR count). The summed E-state index contributed by atoms with van der Waals surface area (Å²) >= 11 is 0. The zero-order valence-corrected chi connectivity index (χ0v) is 10.4. The van der Waals surface area contributed by atoms with Gasteiger partial charge in [-0.2, -0.15) is 0 Å². The summed E-state index contributed by atoms with van der Waals surface area (Å²) in [5, 5.41) is 0. The van der Waals surface area contributed by atoms with Crippen LogP contribution in [0.15, 0.2) is 24.3 Å². The van der Waals surface area contributed by atoms with E-state index in [0.29, 0.717) is 12.1 Å². The summed E-state index contributed by atoms with van der Waals surface area (Å²) in [6.07, 6.45) is 0.604. The Balaban J connectivity index is 2.76. The Morgan fingerprint density at radius 2 is 1.88 bits per heavy atom. The number of rotatable bonds is 5. The highest BCUT2D eigenvalue weighted by Crippen LogP contribution is 2.15. The first-order valence-electron chi connectivity index (χ1n) is 5.30. The molecule has 1 aromatic rings. The molecule has 0 fully saturated rings. The second-order valence-electron chi connectivity index (χ2n) is 3.83. The maximum Gasteiger partial charge on any atom is 0.232 e. The van der Waals surface area contributed by atoms with E-state index in [1.54, 1.807) is 12.1 Å². The highest BCUT2D eigenvalue weighted by molar-refractivity contribution is 7.92. The Morgan fingerprint density at radius 3 is 2.31 bits per heavy atom. The van der Waals surface area contributed by atoms with Gasteiger partial charge in [0.2, 0.25) is 10.0 Å². The van der Waals surface area contributed by atoms with E-state index in [-0.39, 0.29) is 11.8 Å². The van der Waals surface area contributed by atoms with Crippen molar-refractivity contribution in [2.45, 2.75) is 26.3 Å². The van der Waals surface area contributed by atoms with Crippen LogP contribution >= 0.6 is 0 Å². The van der Waals surface area contributed by atoms with Gasteiger partial charge in [0, 0.05) is 11.7 Å². The van der Waals surface area contributed by atoms with Crippen molar-refractivity contribution in [3.8, 4) is 0 Å². The van der Waals surface area contributed by atoms with Gasteiger partial charge in [0.25, 0.3) is 0 Å². The van der Waals surface area contributed by atoms with Crippen LogP contribution in [0.1, 0.15) is 31.9 Å². The lowest BCUT2D eigenvalue weighted by Crippen LogP contribution is -2.16. The summed E-state index contributed by atoms with van der Waals surface area (Å²) in [6.45, 7) is 3.72. The number of benzene rings is 1. The molecule has 0 bridgehead atoms. The fraction of sp³-hybridized carbons (Fsp3) is 0.455. The Hall–Kier alpha value is -1.07. The maximum atomic E-state index is 11.5. The van der Waals surface area contributed by atoms with Crippen molar-refractivity contribution in [3.63, 3.8) is 0 Å². The smallest absolute Gasteiger partial charge is 0.232 e. The molecular weight excluding hydrogens is 224 g/mol. The third kappa shape index (κ3) is 3.83. The van der Waals surface area contributed by atoms with Crippen molar-refractivity contribution in [2.24, 2.45) is 5.73 Å². The van der Waals surface area contributed by atoms with Crippen LogP contribution in [0.2, 0.25) is 0 Å². The summed E-state index contributed by atoms with van der Waals surface area (Å²) in [4.78, 5) is 0. The lowest BCUT2D eigenvalue weighted by atomic mass is 10.1. The Bertz CT molecular complexity index is 424. The van der Waals surface area contributed by atoms with Gasteiger partial charge in [-0.15, -0.1) is 0 Å². The second kappa shape index (κ2) is 5.32. The van der Waals surface area contributed by atoms with E-state index in [9.17, 15) is 8.42 Å². The molecule has 0 heterocycles. The van der Waals surface area contributed by atoms with E-state index in [0.717, 1.165) is 5.56 Å². The van der Waals surface area contributed by atoms with Crippen molar-refractivity contribution in [1.82, 2.24) is 0 Å². The van der Waals surface area contributed by atoms with E-state index in [4.69, 9.17) is 5.73 Å². The molecule has 0 amide bonds. The predicted molar refractivity (Wildman–Crippen MR) is 66.7 cm³/mol. The van der Waals surface area contributed by atoms with Crippen molar-refractivity contribution in [1.29, 1.82) is 0 Å². The molecule has 1 aromatic carbocycles.